The zero-order chi connectivity index (χ0) is 13.3. The fourth-order valence-electron chi connectivity index (χ4n) is 1.94. The van der Waals surface area contributed by atoms with Gasteiger partial charge in [0.1, 0.15) is 5.82 Å². The second-order valence-electron chi connectivity index (χ2n) is 4.23. The summed E-state index contributed by atoms with van der Waals surface area (Å²) in [4.78, 5) is 17.5. The average molecular weight is 273 g/mol. The van der Waals surface area contributed by atoms with Gasteiger partial charge in [0.15, 0.2) is 5.03 Å². The maximum Gasteiger partial charge on any atom is 0.307 e. The van der Waals surface area contributed by atoms with Gasteiger partial charge in [0.05, 0.1) is 12.1 Å². The van der Waals surface area contributed by atoms with E-state index >= 15 is 0 Å². The number of aryl methyl sites for hydroxylation is 1. The molecular formula is C10H15N3O4S. The fraction of sp³-hybridized carbons (Fsp3) is 0.600. The van der Waals surface area contributed by atoms with Gasteiger partial charge < -0.3 is 10.1 Å². The summed E-state index contributed by atoms with van der Waals surface area (Å²) in [6.45, 7) is 2.13. The van der Waals surface area contributed by atoms with Gasteiger partial charge in [-0.1, -0.05) is 6.92 Å². The number of carbonyl (C=O) groups is 1. The minimum atomic E-state index is -3.64. The number of nitrogens with zero attached hydrogens (tertiary/aromatic N) is 2. The standard InChI is InChI=1S/C10H15N3O4S/c1-2-8-11-5-9(12-8)18(16,17)13-4-3-7(6-13)10(14)15/h5,7H,2-4,6H2,1H3,(H,11,12)(H,14,15). The molecule has 1 aromatic heterocycles. The van der Waals surface area contributed by atoms with Crippen molar-refractivity contribution in [1.29, 1.82) is 0 Å². The van der Waals surface area contributed by atoms with Gasteiger partial charge in [-0.15, -0.1) is 0 Å². The first-order valence-electron chi connectivity index (χ1n) is 5.72. The highest BCUT2D eigenvalue weighted by Gasteiger charge is 2.36. The number of carboxylic acid groups (broad SMARTS) is 1. The molecule has 2 heterocycles. The van der Waals surface area contributed by atoms with E-state index in [1.165, 1.54) is 10.5 Å². The summed E-state index contributed by atoms with van der Waals surface area (Å²) in [6, 6.07) is 0. The van der Waals surface area contributed by atoms with Gasteiger partial charge in [0.25, 0.3) is 10.0 Å². The Hall–Kier alpha value is -1.41. The molecule has 1 fully saturated rings. The number of aromatic amines is 1. The number of rotatable bonds is 4. The van der Waals surface area contributed by atoms with E-state index in [9.17, 15) is 13.2 Å². The molecule has 1 aliphatic heterocycles. The van der Waals surface area contributed by atoms with Gasteiger partial charge in [-0.05, 0) is 6.42 Å². The second kappa shape index (κ2) is 4.69. The van der Waals surface area contributed by atoms with E-state index < -0.39 is 21.9 Å². The van der Waals surface area contributed by atoms with Crippen molar-refractivity contribution in [1.82, 2.24) is 14.3 Å². The molecule has 7 nitrogen and oxygen atoms in total. The lowest BCUT2D eigenvalue weighted by molar-refractivity contribution is -0.141. The monoisotopic (exact) mass is 273 g/mol. The van der Waals surface area contributed by atoms with Crippen LogP contribution in [0.3, 0.4) is 0 Å². The van der Waals surface area contributed by atoms with Gasteiger partial charge >= 0.3 is 5.97 Å². The number of aliphatic carboxylic acids is 1. The SMILES string of the molecule is CCc1ncc(S(=O)(=O)N2CCC(C(=O)O)C2)[nH]1. The van der Waals surface area contributed by atoms with E-state index in [1.807, 2.05) is 6.92 Å². The number of imidazole rings is 1. The van der Waals surface area contributed by atoms with Gasteiger partial charge in [0, 0.05) is 19.5 Å². The largest absolute Gasteiger partial charge is 0.481 e. The van der Waals surface area contributed by atoms with Crippen molar-refractivity contribution in [2.24, 2.45) is 5.92 Å². The summed E-state index contributed by atoms with van der Waals surface area (Å²) in [5.74, 6) is -0.970. The van der Waals surface area contributed by atoms with Crippen LogP contribution < -0.4 is 0 Å². The van der Waals surface area contributed by atoms with Crippen LogP contribution in [0.4, 0.5) is 0 Å². The normalized spacial score (nSPS) is 21.3. The molecule has 0 amide bonds. The smallest absolute Gasteiger partial charge is 0.307 e. The molecule has 0 bridgehead atoms. The summed E-state index contributed by atoms with van der Waals surface area (Å²) in [5, 5.41) is 8.90. The Morgan fingerprint density at radius 2 is 2.39 bits per heavy atom. The molecule has 18 heavy (non-hydrogen) atoms. The Kier molecular flexibility index (Phi) is 3.40. The van der Waals surface area contributed by atoms with Crippen LogP contribution in [0.1, 0.15) is 19.2 Å². The Morgan fingerprint density at radius 3 is 2.89 bits per heavy atom. The van der Waals surface area contributed by atoms with Gasteiger partial charge in [-0.2, -0.15) is 4.31 Å². The number of nitrogens with one attached hydrogen (secondary N) is 1. The summed E-state index contributed by atoms with van der Waals surface area (Å²) in [7, 11) is -3.64. The molecule has 1 aromatic rings. The third-order valence-corrected chi connectivity index (χ3v) is 4.83. The van der Waals surface area contributed by atoms with Crippen LogP contribution in [0.5, 0.6) is 0 Å². The Morgan fingerprint density at radius 1 is 1.67 bits per heavy atom. The Balaban J connectivity index is 2.20. The fourth-order valence-corrected chi connectivity index (χ4v) is 3.37. The molecule has 0 saturated carbocycles. The predicted octanol–water partition coefficient (Wildman–Crippen LogP) is 0.0673. The van der Waals surface area contributed by atoms with Crippen molar-refractivity contribution in [3.63, 3.8) is 0 Å². The molecule has 100 valence electrons. The maximum absolute atomic E-state index is 12.2. The molecule has 0 aliphatic carbocycles. The minimum Gasteiger partial charge on any atom is -0.481 e. The number of hydrogen-bond acceptors (Lipinski definition) is 4. The summed E-state index contributed by atoms with van der Waals surface area (Å²) >= 11 is 0. The molecule has 8 heteroatoms. The van der Waals surface area contributed by atoms with Crippen molar-refractivity contribution >= 4 is 16.0 Å². The molecule has 1 unspecified atom stereocenters. The zero-order valence-electron chi connectivity index (χ0n) is 9.96. The first-order chi connectivity index (χ1) is 8.45. The zero-order valence-corrected chi connectivity index (χ0v) is 10.8. The Labute approximate surface area is 105 Å². The minimum absolute atomic E-state index is 0.0259. The summed E-state index contributed by atoms with van der Waals surface area (Å²) in [6.07, 6.45) is 2.25. The van der Waals surface area contributed by atoms with Crippen molar-refractivity contribution in [2.45, 2.75) is 24.8 Å². The lowest BCUT2D eigenvalue weighted by Crippen LogP contribution is -2.30. The molecule has 2 rings (SSSR count). The van der Waals surface area contributed by atoms with Crippen LogP contribution in [0, 0.1) is 5.92 Å². The van der Waals surface area contributed by atoms with E-state index in [0.29, 0.717) is 18.7 Å². The Bertz CT molecular complexity index is 551. The number of aromatic nitrogens is 2. The highest BCUT2D eigenvalue weighted by atomic mass is 32.2. The predicted molar refractivity (Wildman–Crippen MR) is 62.5 cm³/mol. The highest BCUT2D eigenvalue weighted by molar-refractivity contribution is 7.89. The summed E-state index contributed by atoms with van der Waals surface area (Å²) in [5.41, 5.74) is 0. The lowest BCUT2D eigenvalue weighted by Gasteiger charge is -2.14. The van der Waals surface area contributed by atoms with Gasteiger partial charge in [-0.3, -0.25) is 4.79 Å². The lowest BCUT2D eigenvalue weighted by atomic mass is 10.1. The number of sulfonamides is 1. The number of carboxylic acids is 1. The third-order valence-electron chi connectivity index (χ3n) is 3.06. The summed E-state index contributed by atoms with van der Waals surface area (Å²) < 4.78 is 25.6. The van der Waals surface area contributed by atoms with Crippen LogP contribution in [0.25, 0.3) is 0 Å². The molecule has 2 N–H and O–H groups in total. The van der Waals surface area contributed by atoms with E-state index in [-0.39, 0.29) is 18.1 Å². The molecule has 0 spiro atoms. The van der Waals surface area contributed by atoms with Crippen LogP contribution in [-0.2, 0) is 21.2 Å². The third kappa shape index (κ3) is 2.25. The number of hydrogen-bond donors (Lipinski definition) is 2. The molecular weight excluding hydrogens is 258 g/mol. The topological polar surface area (TPSA) is 103 Å². The molecule has 0 aromatic carbocycles. The van der Waals surface area contributed by atoms with Crippen LogP contribution in [-0.4, -0.2) is 46.9 Å². The van der Waals surface area contributed by atoms with Gasteiger partial charge in [0.2, 0.25) is 0 Å². The average Bonchev–Trinajstić information content (AvgIpc) is 2.98. The van der Waals surface area contributed by atoms with Crippen molar-refractivity contribution in [3.8, 4) is 0 Å². The molecule has 1 saturated heterocycles. The number of H-pyrrole nitrogens is 1. The van der Waals surface area contributed by atoms with E-state index in [1.54, 1.807) is 0 Å². The molecule has 0 radical (unpaired) electrons. The van der Waals surface area contributed by atoms with Gasteiger partial charge in [-0.25, -0.2) is 13.4 Å². The molecule has 1 atom stereocenters. The van der Waals surface area contributed by atoms with Crippen LogP contribution >= 0.6 is 0 Å². The maximum atomic E-state index is 12.2. The van der Waals surface area contributed by atoms with Crippen LogP contribution in [0.2, 0.25) is 0 Å². The first kappa shape index (κ1) is 13.0. The van der Waals surface area contributed by atoms with E-state index in [4.69, 9.17) is 5.11 Å². The quantitative estimate of drug-likeness (QED) is 0.807. The van der Waals surface area contributed by atoms with E-state index in [0.717, 1.165) is 0 Å². The second-order valence-corrected chi connectivity index (χ2v) is 6.14. The van der Waals surface area contributed by atoms with Crippen molar-refractivity contribution in [3.05, 3.63) is 12.0 Å². The van der Waals surface area contributed by atoms with Crippen molar-refractivity contribution < 1.29 is 18.3 Å². The first-order valence-corrected chi connectivity index (χ1v) is 7.16. The van der Waals surface area contributed by atoms with E-state index in [2.05, 4.69) is 9.97 Å². The van der Waals surface area contributed by atoms with Crippen molar-refractivity contribution in [2.75, 3.05) is 13.1 Å². The highest BCUT2D eigenvalue weighted by Crippen LogP contribution is 2.23. The molecule has 1 aliphatic rings. The van der Waals surface area contributed by atoms with Crippen LogP contribution in [0.15, 0.2) is 11.2 Å².